The van der Waals surface area contributed by atoms with Crippen molar-refractivity contribution in [3.05, 3.63) is 65.0 Å². The van der Waals surface area contributed by atoms with Gasteiger partial charge in [0.05, 0.1) is 0 Å². The number of thioether (sulfide) groups is 1. The van der Waals surface area contributed by atoms with Crippen molar-refractivity contribution in [1.82, 2.24) is 0 Å². The summed E-state index contributed by atoms with van der Waals surface area (Å²) in [6.45, 7) is 1.49. The molecule has 1 unspecified atom stereocenters. The summed E-state index contributed by atoms with van der Waals surface area (Å²) in [5.41, 5.74) is 6.21. The fraction of sp³-hybridized carbons (Fsp3) is 0.200. The molecule has 0 saturated carbocycles. The maximum absolute atomic E-state index is 13.8. The van der Waals surface area contributed by atoms with Crippen LogP contribution in [0.4, 0.5) is 13.2 Å². The van der Waals surface area contributed by atoms with Crippen LogP contribution in [0.25, 0.3) is 0 Å². The van der Waals surface area contributed by atoms with Crippen molar-refractivity contribution in [3.8, 4) is 0 Å². The molecule has 2 aromatic carbocycles. The van der Waals surface area contributed by atoms with Gasteiger partial charge in [-0.3, -0.25) is 0 Å². The van der Waals surface area contributed by atoms with E-state index in [2.05, 4.69) is 0 Å². The third-order valence-corrected chi connectivity index (χ3v) is 4.13. The number of aryl methyl sites for hydroxylation is 1. The molecule has 1 atom stereocenters. The molecule has 1 nitrogen and oxygen atoms in total. The summed E-state index contributed by atoms with van der Waals surface area (Å²) in [5, 5.41) is 0. The maximum atomic E-state index is 13.8. The maximum Gasteiger partial charge on any atom is 0.163 e. The summed E-state index contributed by atoms with van der Waals surface area (Å²) in [4.78, 5) is 0.441. The molecule has 0 aromatic heterocycles. The van der Waals surface area contributed by atoms with Gasteiger partial charge in [0.15, 0.2) is 11.6 Å². The van der Waals surface area contributed by atoms with Crippen molar-refractivity contribution in [2.24, 2.45) is 5.73 Å². The fourth-order valence-electron chi connectivity index (χ4n) is 1.78. The number of rotatable bonds is 4. The Labute approximate surface area is 120 Å². The van der Waals surface area contributed by atoms with E-state index in [0.717, 1.165) is 0 Å². The van der Waals surface area contributed by atoms with E-state index in [4.69, 9.17) is 5.73 Å². The first kappa shape index (κ1) is 14.9. The molecule has 0 radical (unpaired) electrons. The predicted molar refractivity (Wildman–Crippen MR) is 75.1 cm³/mol. The zero-order valence-electron chi connectivity index (χ0n) is 10.9. The molecule has 20 heavy (non-hydrogen) atoms. The second-order valence-electron chi connectivity index (χ2n) is 4.45. The normalized spacial score (nSPS) is 12.4. The Hall–Kier alpha value is -1.46. The highest BCUT2D eigenvalue weighted by Crippen LogP contribution is 2.27. The van der Waals surface area contributed by atoms with E-state index < -0.39 is 17.7 Å². The molecule has 0 heterocycles. The Morgan fingerprint density at radius 2 is 1.75 bits per heavy atom. The minimum Gasteiger partial charge on any atom is -0.323 e. The van der Waals surface area contributed by atoms with Crippen LogP contribution in [0.3, 0.4) is 0 Å². The molecule has 0 saturated heterocycles. The largest absolute Gasteiger partial charge is 0.323 e. The third-order valence-electron chi connectivity index (χ3n) is 2.96. The molecule has 0 bridgehead atoms. The van der Waals surface area contributed by atoms with E-state index in [-0.39, 0.29) is 22.7 Å². The lowest BCUT2D eigenvalue weighted by Crippen LogP contribution is -2.16. The van der Waals surface area contributed by atoms with Gasteiger partial charge >= 0.3 is 0 Å². The van der Waals surface area contributed by atoms with Gasteiger partial charge in [-0.25, -0.2) is 13.2 Å². The molecule has 0 aliphatic carbocycles. The zero-order chi connectivity index (χ0) is 14.7. The lowest BCUT2D eigenvalue weighted by atomic mass is 10.1. The van der Waals surface area contributed by atoms with Crippen molar-refractivity contribution < 1.29 is 13.2 Å². The third kappa shape index (κ3) is 3.16. The van der Waals surface area contributed by atoms with Gasteiger partial charge in [0, 0.05) is 22.3 Å². The standard InChI is InChI=1S/C15H14F3NS/c1-9-6-7-10(15(18)14(9)17)12(19)8-20-13-5-3-2-4-11(13)16/h2-7,12H,8,19H2,1H3. The quantitative estimate of drug-likeness (QED) is 0.856. The van der Waals surface area contributed by atoms with Crippen LogP contribution in [0.1, 0.15) is 17.2 Å². The minimum atomic E-state index is -0.924. The van der Waals surface area contributed by atoms with Crippen molar-refractivity contribution in [3.63, 3.8) is 0 Å². The van der Waals surface area contributed by atoms with Gasteiger partial charge < -0.3 is 5.73 Å². The first-order chi connectivity index (χ1) is 9.50. The van der Waals surface area contributed by atoms with Gasteiger partial charge in [-0.15, -0.1) is 11.8 Å². The molecule has 0 amide bonds. The van der Waals surface area contributed by atoms with Crippen LogP contribution in [0.5, 0.6) is 0 Å². The van der Waals surface area contributed by atoms with E-state index >= 15 is 0 Å². The van der Waals surface area contributed by atoms with Crippen LogP contribution in [0.15, 0.2) is 41.3 Å². The monoisotopic (exact) mass is 297 g/mol. The molecule has 0 spiro atoms. The highest BCUT2D eigenvalue weighted by molar-refractivity contribution is 7.99. The average Bonchev–Trinajstić information content (AvgIpc) is 2.44. The molecule has 0 aliphatic rings. The summed E-state index contributed by atoms with van der Waals surface area (Å²) in [5.74, 6) is -1.89. The van der Waals surface area contributed by atoms with Gasteiger partial charge in [-0.2, -0.15) is 0 Å². The molecule has 2 aromatic rings. The van der Waals surface area contributed by atoms with Crippen LogP contribution in [0.2, 0.25) is 0 Å². The van der Waals surface area contributed by atoms with Crippen molar-refractivity contribution in [2.45, 2.75) is 17.9 Å². The Kier molecular flexibility index (Phi) is 4.73. The SMILES string of the molecule is Cc1ccc(C(N)CSc2ccccc2F)c(F)c1F. The van der Waals surface area contributed by atoms with E-state index in [1.54, 1.807) is 18.2 Å². The van der Waals surface area contributed by atoms with E-state index in [1.165, 1.54) is 36.9 Å². The van der Waals surface area contributed by atoms with Gasteiger partial charge in [0.2, 0.25) is 0 Å². The fourth-order valence-corrected chi connectivity index (χ4v) is 2.70. The summed E-state index contributed by atoms with van der Waals surface area (Å²) in [7, 11) is 0. The summed E-state index contributed by atoms with van der Waals surface area (Å²) in [6.07, 6.45) is 0. The minimum absolute atomic E-state index is 0.108. The number of benzene rings is 2. The first-order valence-corrected chi connectivity index (χ1v) is 7.06. The lowest BCUT2D eigenvalue weighted by Gasteiger charge is -2.14. The number of hydrogen-bond donors (Lipinski definition) is 1. The van der Waals surface area contributed by atoms with E-state index in [9.17, 15) is 13.2 Å². The molecule has 2 rings (SSSR count). The topological polar surface area (TPSA) is 26.0 Å². The number of halogens is 3. The zero-order valence-corrected chi connectivity index (χ0v) is 11.7. The van der Waals surface area contributed by atoms with Crippen molar-refractivity contribution in [1.29, 1.82) is 0 Å². The van der Waals surface area contributed by atoms with E-state index in [0.29, 0.717) is 4.90 Å². The van der Waals surface area contributed by atoms with Crippen molar-refractivity contribution >= 4 is 11.8 Å². The van der Waals surface area contributed by atoms with Gasteiger partial charge in [0.25, 0.3) is 0 Å². The predicted octanol–water partition coefficient (Wildman–Crippen LogP) is 4.20. The Morgan fingerprint density at radius 1 is 1.05 bits per heavy atom. The molecule has 106 valence electrons. The smallest absolute Gasteiger partial charge is 0.163 e. The molecule has 5 heteroatoms. The highest BCUT2D eigenvalue weighted by Gasteiger charge is 2.17. The van der Waals surface area contributed by atoms with Crippen LogP contribution in [-0.2, 0) is 0 Å². The summed E-state index contributed by atoms with van der Waals surface area (Å²) < 4.78 is 40.7. The Balaban J connectivity index is 2.11. The molecular weight excluding hydrogens is 283 g/mol. The van der Waals surface area contributed by atoms with Crippen LogP contribution >= 0.6 is 11.8 Å². The Morgan fingerprint density at radius 3 is 2.45 bits per heavy atom. The van der Waals surface area contributed by atoms with Gasteiger partial charge in [-0.1, -0.05) is 24.3 Å². The van der Waals surface area contributed by atoms with Crippen molar-refractivity contribution in [2.75, 3.05) is 5.75 Å². The molecular formula is C15H14F3NS. The molecule has 0 fully saturated rings. The van der Waals surface area contributed by atoms with E-state index in [1.807, 2.05) is 0 Å². The average molecular weight is 297 g/mol. The summed E-state index contributed by atoms with van der Waals surface area (Å²) in [6, 6.07) is 8.53. The van der Waals surface area contributed by atoms with Crippen LogP contribution in [0, 0.1) is 24.4 Å². The number of nitrogens with two attached hydrogens (primary N) is 1. The lowest BCUT2D eigenvalue weighted by molar-refractivity contribution is 0.487. The first-order valence-electron chi connectivity index (χ1n) is 6.08. The molecule has 2 N–H and O–H groups in total. The second kappa shape index (κ2) is 6.33. The van der Waals surface area contributed by atoms with Crippen LogP contribution < -0.4 is 5.73 Å². The highest BCUT2D eigenvalue weighted by atomic mass is 32.2. The Bertz CT molecular complexity index is 616. The van der Waals surface area contributed by atoms with Gasteiger partial charge in [-0.05, 0) is 24.6 Å². The second-order valence-corrected chi connectivity index (χ2v) is 5.51. The van der Waals surface area contributed by atoms with Crippen LogP contribution in [-0.4, -0.2) is 5.75 Å². The number of hydrogen-bond acceptors (Lipinski definition) is 2. The summed E-state index contributed by atoms with van der Waals surface area (Å²) >= 11 is 1.18. The van der Waals surface area contributed by atoms with Gasteiger partial charge in [0.1, 0.15) is 5.82 Å². The molecule has 0 aliphatic heterocycles.